The van der Waals surface area contributed by atoms with Gasteiger partial charge in [-0.3, -0.25) is 9.79 Å². The summed E-state index contributed by atoms with van der Waals surface area (Å²) < 4.78 is 0. The van der Waals surface area contributed by atoms with E-state index in [0.717, 1.165) is 18.1 Å². The van der Waals surface area contributed by atoms with Gasteiger partial charge >= 0.3 is 0 Å². The predicted molar refractivity (Wildman–Crippen MR) is 135 cm³/mol. The van der Waals surface area contributed by atoms with Crippen LogP contribution in [0, 0.1) is 0 Å². The van der Waals surface area contributed by atoms with Gasteiger partial charge in [0, 0.05) is 41.5 Å². The summed E-state index contributed by atoms with van der Waals surface area (Å²) in [7, 11) is 1.76. The number of hydrogen-bond acceptors (Lipinski definition) is 3. The van der Waals surface area contributed by atoms with Crippen LogP contribution in [0.5, 0.6) is 0 Å². The number of carbonyl (C=O) groups excluding carboxylic acids is 1. The molecule has 0 saturated carbocycles. The number of amides is 1. The van der Waals surface area contributed by atoms with E-state index in [4.69, 9.17) is 0 Å². The molecule has 0 aliphatic rings. The van der Waals surface area contributed by atoms with E-state index < -0.39 is 0 Å². The minimum Gasteiger partial charge on any atom is -0.356 e. The number of thiophene rings is 1. The highest BCUT2D eigenvalue weighted by molar-refractivity contribution is 14.0. The number of hydrogen-bond donors (Lipinski definition) is 3. The molecule has 2 aromatic rings. The Bertz CT molecular complexity index is 810. The number of guanidine groups is 1. The minimum atomic E-state index is -0.257. The highest BCUT2D eigenvalue weighted by Crippen LogP contribution is 2.26. The fourth-order valence-corrected chi connectivity index (χ4v) is 3.55. The highest BCUT2D eigenvalue weighted by atomic mass is 127. The van der Waals surface area contributed by atoms with Crippen molar-refractivity contribution in [2.45, 2.75) is 52.1 Å². The van der Waals surface area contributed by atoms with E-state index in [1.807, 2.05) is 45.0 Å². The lowest BCUT2D eigenvalue weighted by Crippen LogP contribution is -2.43. The summed E-state index contributed by atoms with van der Waals surface area (Å²) in [5, 5.41) is 11.8. The summed E-state index contributed by atoms with van der Waals surface area (Å²) in [6, 6.07) is 11.9. The van der Waals surface area contributed by atoms with Crippen LogP contribution in [0.15, 0.2) is 46.8 Å². The Morgan fingerprint density at radius 3 is 2.38 bits per heavy atom. The molecule has 0 atom stereocenters. The van der Waals surface area contributed by atoms with Crippen molar-refractivity contribution in [3.05, 3.63) is 57.8 Å². The first-order chi connectivity index (χ1) is 13.1. The molecule has 0 radical (unpaired) electrons. The Morgan fingerprint density at radius 1 is 1.07 bits per heavy atom. The molecule has 1 heterocycles. The molecular formula is C22H33IN4OS. The van der Waals surface area contributed by atoms with Crippen LogP contribution in [-0.2, 0) is 12.0 Å². The summed E-state index contributed by atoms with van der Waals surface area (Å²) in [6.45, 7) is 11.7. The SMILES string of the molecule is CN=C(NCc1cccc(C(=O)NC(C)(C)C)c1)NCC(C)(C)c1cccs1.I. The molecule has 7 heteroatoms. The van der Waals surface area contributed by atoms with Crippen LogP contribution < -0.4 is 16.0 Å². The van der Waals surface area contributed by atoms with E-state index >= 15 is 0 Å². The monoisotopic (exact) mass is 528 g/mol. The Hall–Kier alpha value is -1.61. The molecule has 0 bridgehead atoms. The molecule has 1 aromatic heterocycles. The molecule has 0 aliphatic carbocycles. The van der Waals surface area contributed by atoms with Gasteiger partial charge in [0.15, 0.2) is 5.96 Å². The van der Waals surface area contributed by atoms with Crippen molar-refractivity contribution in [3.8, 4) is 0 Å². The van der Waals surface area contributed by atoms with Crippen LogP contribution in [0.2, 0.25) is 0 Å². The van der Waals surface area contributed by atoms with Gasteiger partial charge in [0.05, 0.1) is 0 Å². The third kappa shape index (κ3) is 8.34. The van der Waals surface area contributed by atoms with Gasteiger partial charge < -0.3 is 16.0 Å². The van der Waals surface area contributed by atoms with E-state index in [9.17, 15) is 4.79 Å². The van der Waals surface area contributed by atoms with Gasteiger partial charge in [-0.2, -0.15) is 0 Å². The zero-order chi connectivity index (χ0) is 20.8. The smallest absolute Gasteiger partial charge is 0.251 e. The maximum Gasteiger partial charge on any atom is 0.251 e. The third-order valence-corrected chi connectivity index (χ3v) is 5.48. The normalized spacial score (nSPS) is 12.1. The van der Waals surface area contributed by atoms with Gasteiger partial charge in [0.2, 0.25) is 0 Å². The standard InChI is InChI=1S/C22H32N4OS.HI/c1-21(2,3)26-19(27)17-10-7-9-16(13-17)14-24-20(23-6)25-15-22(4,5)18-11-8-12-28-18;/h7-13H,14-15H2,1-6H3,(H,26,27)(H2,23,24,25);1H. The van der Waals surface area contributed by atoms with Gasteiger partial charge in [-0.25, -0.2) is 0 Å². The molecule has 2 rings (SSSR count). The molecular weight excluding hydrogens is 495 g/mol. The Kier molecular flexibility index (Phi) is 9.61. The zero-order valence-corrected chi connectivity index (χ0v) is 21.3. The van der Waals surface area contributed by atoms with Gasteiger partial charge in [-0.1, -0.05) is 32.0 Å². The van der Waals surface area contributed by atoms with Crippen molar-refractivity contribution in [1.29, 1.82) is 0 Å². The summed E-state index contributed by atoms with van der Waals surface area (Å²) in [6.07, 6.45) is 0. The zero-order valence-electron chi connectivity index (χ0n) is 18.1. The molecule has 29 heavy (non-hydrogen) atoms. The molecule has 0 saturated heterocycles. The molecule has 5 nitrogen and oxygen atoms in total. The number of aliphatic imine (C=N–C) groups is 1. The van der Waals surface area contributed by atoms with Crippen molar-refractivity contribution in [3.63, 3.8) is 0 Å². The van der Waals surface area contributed by atoms with Gasteiger partial charge in [0.1, 0.15) is 0 Å². The summed E-state index contributed by atoms with van der Waals surface area (Å²) >= 11 is 1.77. The fourth-order valence-electron chi connectivity index (χ4n) is 2.70. The Morgan fingerprint density at radius 2 is 1.79 bits per heavy atom. The summed E-state index contributed by atoms with van der Waals surface area (Å²) in [4.78, 5) is 18.0. The van der Waals surface area contributed by atoms with Gasteiger partial charge in [-0.05, 0) is 49.9 Å². The Labute approximate surface area is 195 Å². The van der Waals surface area contributed by atoms with Crippen LogP contribution >= 0.6 is 35.3 Å². The minimum absolute atomic E-state index is 0. The largest absolute Gasteiger partial charge is 0.356 e. The van der Waals surface area contributed by atoms with E-state index in [0.29, 0.717) is 12.1 Å². The van der Waals surface area contributed by atoms with Crippen LogP contribution in [0.3, 0.4) is 0 Å². The van der Waals surface area contributed by atoms with Gasteiger partial charge in [0.25, 0.3) is 5.91 Å². The average molecular weight is 529 g/mol. The van der Waals surface area contributed by atoms with E-state index in [1.165, 1.54) is 4.88 Å². The number of halogens is 1. The predicted octanol–water partition coefficient (Wildman–Crippen LogP) is 4.54. The quantitative estimate of drug-likeness (QED) is 0.293. The van der Waals surface area contributed by atoms with Crippen molar-refractivity contribution >= 4 is 47.2 Å². The molecule has 1 aromatic carbocycles. The number of nitrogens with one attached hydrogen (secondary N) is 3. The maximum absolute atomic E-state index is 12.4. The molecule has 0 spiro atoms. The lowest BCUT2D eigenvalue weighted by Gasteiger charge is -2.25. The van der Waals surface area contributed by atoms with Crippen LogP contribution in [0.1, 0.15) is 55.4 Å². The van der Waals surface area contributed by atoms with Crippen LogP contribution in [-0.4, -0.2) is 31.0 Å². The molecule has 0 aliphatic heterocycles. The van der Waals surface area contributed by atoms with Crippen molar-refractivity contribution < 1.29 is 4.79 Å². The third-order valence-electron chi connectivity index (χ3n) is 4.25. The molecule has 1 amide bonds. The van der Waals surface area contributed by atoms with Crippen LogP contribution in [0.4, 0.5) is 0 Å². The highest BCUT2D eigenvalue weighted by Gasteiger charge is 2.22. The molecule has 0 fully saturated rings. The number of carbonyl (C=O) groups is 1. The van der Waals surface area contributed by atoms with E-state index in [1.54, 1.807) is 18.4 Å². The summed E-state index contributed by atoms with van der Waals surface area (Å²) in [5.41, 5.74) is 1.46. The molecule has 160 valence electrons. The number of rotatable bonds is 6. The first-order valence-electron chi connectivity index (χ1n) is 9.51. The second-order valence-corrected chi connectivity index (χ2v) is 9.49. The molecule has 3 N–H and O–H groups in total. The van der Waals surface area contributed by atoms with Crippen molar-refractivity contribution in [2.75, 3.05) is 13.6 Å². The van der Waals surface area contributed by atoms with Crippen molar-refractivity contribution in [2.24, 2.45) is 4.99 Å². The topological polar surface area (TPSA) is 65.5 Å². The van der Waals surface area contributed by atoms with Crippen LogP contribution in [0.25, 0.3) is 0 Å². The summed E-state index contributed by atoms with van der Waals surface area (Å²) in [5.74, 6) is 0.684. The van der Waals surface area contributed by atoms with Gasteiger partial charge in [-0.15, -0.1) is 35.3 Å². The second kappa shape index (κ2) is 11.0. The van der Waals surface area contributed by atoms with Crippen molar-refractivity contribution in [1.82, 2.24) is 16.0 Å². The van der Waals surface area contributed by atoms with E-state index in [-0.39, 0.29) is 40.8 Å². The number of nitrogens with zero attached hydrogens (tertiary/aromatic N) is 1. The number of benzene rings is 1. The average Bonchev–Trinajstić information content (AvgIpc) is 3.16. The lowest BCUT2D eigenvalue weighted by molar-refractivity contribution is 0.0919. The second-order valence-electron chi connectivity index (χ2n) is 8.55. The first kappa shape index (κ1) is 25.4. The fraction of sp³-hybridized carbons (Fsp3) is 0.455. The lowest BCUT2D eigenvalue weighted by atomic mass is 9.91. The first-order valence-corrected chi connectivity index (χ1v) is 10.4. The Balaban J connectivity index is 0.00000420. The maximum atomic E-state index is 12.4. The molecule has 0 unspecified atom stereocenters. The van der Waals surface area contributed by atoms with E-state index in [2.05, 4.69) is 52.3 Å².